The van der Waals surface area contributed by atoms with Crippen molar-refractivity contribution in [2.75, 3.05) is 13.3 Å². The highest BCUT2D eigenvalue weighted by molar-refractivity contribution is 7.88. The number of hydrogen-bond donors (Lipinski definition) is 0. The van der Waals surface area contributed by atoms with Gasteiger partial charge in [-0.1, -0.05) is 13.3 Å². The molecule has 1 rings (SSSR count). The summed E-state index contributed by atoms with van der Waals surface area (Å²) >= 11 is 0. The van der Waals surface area contributed by atoms with Crippen molar-refractivity contribution in [1.29, 1.82) is 0 Å². The summed E-state index contributed by atoms with van der Waals surface area (Å²) in [7, 11) is 0.472. The van der Waals surface area contributed by atoms with Gasteiger partial charge in [-0.05, 0) is 26.2 Å². The topological polar surface area (TPSA) is 55.2 Å². The number of sulfonamides is 1. The normalized spacial score (nSPS) is 14.8. The predicted molar refractivity (Wildman–Crippen MR) is 82.0 cm³/mol. The van der Waals surface area contributed by atoms with Crippen molar-refractivity contribution in [3.63, 3.8) is 0 Å². The molecule has 0 fully saturated rings. The molecule has 0 aliphatic heterocycles. The van der Waals surface area contributed by atoms with E-state index in [1.165, 1.54) is 10.6 Å². The second-order valence-electron chi connectivity index (χ2n) is 6.18. The molecule has 0 bridgehead atoms. The summed E-state index contributed by atoms with van der Waals surface area (Å²) in [5, 5.41) is 0. The zero-order valence-corrected chi connectivity index (χ0v) is 14.2. The van der Waals surface area contributed by atoms with E-state index in [2.05, 4.69) is 11.9 Å². The van der Waals surface area contributed by atoms with Gasteiger partial charge < -0.3 is 4.57 Å². The lowest BCUT2D eigenvalue weighted by atomic mass is 9.86. The first-order chi connectivity index (χ1) is 9.08. The van der Waals surface area contributed by atoms with Crippen LogP contribution in [0.15, 0.2) is 12.4 Å². The molecule has 0 aliphatic carbocycles. The SMILES string of the molecule is CCC(Cc1nccn1C)CC(C)(C)N(C)S(C)(=O)=O. The Morgan fingerprint density at radius 3 is 2.45 bits per heavy atom. The molecule has 5 nitrogen and oxygen atoms in total. The molecule has 1 heterocycles. The van der Waals surface area contributed by atoms with Crippen molar-refractivity contribution in [1.82, 2.24) is 13.9 Å². The molecule has 0 saturated carbocycles. The average molecular weight is 301 g/mol. The number of aromatic nitrogens is 2. The van der Waals surface area contributed by atoms with Gasteiger partial charge in [-0.3, -0.25) is 0 Å². The Labute approximate surface area is 123 Å². The Kier molecular flexibility index (Phi) is 5.38. The molecule has 1 atom stereocenters. The van der Waals surface area contributed by atoms with Crippen molar-refractivity contribution in [3.05, 3.63) is 18.2 Å². The quantitative estimate of drug-likeness (QED) is 0.774. The van der Waals surface area contributed by atoms with E-state index >= 15 is 0 Å². The molecule has 6 heteroatoms. The standard InChI is InChI=1S/C14H27N3O2S/c1-7-12(10-13-15-8-9-16(13)4)11-14(2,3)17(5)20(6,18)19/h8-9,12H,7,10-11H2,1-6H3. The fourth-order valence-electron chi connectivity index (χ4n) is 2.50. The maximum absolute atomic E-state index is 11.7. The number of hydrogen-bond acceptors (Lipinski definition) is 3. The first kappa shape index (κ1) is 17.2. The van der Waals surface area contributed by atoms with Crippen LogP contribution in [0.4, 0.5) is 0 Å². The van der Waals surface area contributed by atoms with E-state index in [1.54, 1.807) is 13.2 Å². The van der Waals surface area contributed by atoms with Gasteiger partial charge in [0, 0.05) is 38.4 Å². The van der Waals surface area contributed by atoms with Crippen LogP contribution in [0, 0.1) is 5.92 Å². The Hall–Kier alpha value is -0.880. The van der Waals surface area contributed by atoms with Gasteiger partial charge in [-0.2, -0.15) is 4.31 Å². The minimum Gasteiger partial charge on any atom is -0.338 e. The summed E-state index contributed by atoms with van der Waals surface area (Å²) in [6.07, 6.45) is 7.70. The Morgan fingerprint density at radius 1 is 1.45 bits per heavy atom. The Balaban J connectivity index is 2.80. The fraction of sp³-hybridized carbons (Fsp3) is 0.786. The van der Waals surface area contributed by atoms with E-state index in [-0.39, 0.29) is 5.54 Å². The third-order valence-corrected chi connectivity index (χ3v) is 5.60. The third-order valence-electron chi connectivity index (χ3n) is 4.11. The van der Waals surface area contributed by atoms with Gasteiger partial charge in [0.1, 0.15) is 5.82 Å². The van der Waals surface area contributed by atoms with Crippen LogP contribution in [0.2, 0.25) is 0 Å². The molecule has 0 amide bonds. The largest absolute Gasteiger partial charge is 0.338 e. The first-order valence-corrected chi connectivity index (χ1v) is 8.83. The second-order valence-corrected chi connectivity index (χ2v) is 8.19. The van der Waals surface area contributed by atoms with Crippen molar-refractivity contribution in [2.45, 2.75) is 45.6 Å². The predicted octanol–water partition coefficient (Wildman–Crippen LogP) is 2.05. The molecule has 0 N–H and O–H groups in total. The van der Waals surface area contributed by atoms with Gasteiger partial charge in [0.25, 0.3) is 0 Å². The zero-order valence-electron chi connectivity index (χ0n) is 13.4. The molecule has 1 aromatic rings. The minimum atomic E-state index is -3.17. The van der Waals surface area contributed by atoms with E-state index in [0.717, 1.165) is 25.1 Å². The van der Waals surface area contributed by atoms with Crippen LogP contribution in [-0.2, 0) is 23.5 Å². The van der Waals surface area contributed by atoms with Gasteiger partial charge in [0.05, 0.1) is 6.26 Å². The minimum absolute atomic E-state index is 0.389. The average Bonchev–Trinajstić information content (AvgIpc) is 2.71. The molecule has 0 spiro atoms. The van der Waals surface area contributed by atoms with E-state index < -0.39 is 10.0 Å². The van der Waals surface area contributed by atoms with Gasteiger partial charge in [0.15, 0.2) is 0 Å². The summed E-state index contributed by atoms with van der Waals surface area (Å²) in [4.78, 5) is 4.36. The van der Waals surface area contributed by atoms with Crippen LogP contribution in [0.3, 0.4) is 0 Å². The number of aryl methyl sites for hydroxylation is 1. The van der Waals surface area contributed by atoms with Crippen molar-refractivity contribution in [2.24, 2.45) is 13.0 Å². The second kappa shape index (κ2) is 6.26. The lowest BCUT2D eigenvalue weighted by molar-refractivity contribution is 0.206. The maximum atomic E-state index is 11.7. The fourth-order valence-corrected chi connectivity index (χ4v) is 3.47. The highest BCUT2D eigenvalue weighted by Crippen LogP contribution is 2.28. The maximum Gasteiger partial charge on any atom is 0.211 e. The summed E-state index contributed by atoms with van der Waals surface area (Å²) in [6, 6.07) is 0. The molecule has 0 radical (unpaired) electrons. The van der Waals surface area contributed by atoms with E-state index in [1.807, 2.05) is 31.7 Å². The molecular weight excluding hydrogens is 274 g/mol. The number of nitrogens with zero attached hydrogens (tertiary/aromatic N) is 3. The summed E-state index contributed by atoms with van der Waals surface area (Å²) in [5.41, 5.74) is -0.389. The molecule has 116 valence electrons. The van der Waals surface area contributed by atoms with Crippen LogP contribution in [0.1, 0.15) is 39.4 Å². The summed E-state index contributed by atoms with van der Waals surface area (Å²) in [6.45, 7) is 6.11. The van der Waals surface area contributed by atoms with Crippen LogP contribution in [0.5, 0.6) is 0 Å². The van der Waals surface area contributed by atoms with Gasteiger partial charge in [0.2, 0.25) is 10.0 Å². The molecule has 20 heavy (non-hydrogen) atoms. The summed E-state index contributed by atoms with van der Waals surface area (Å²) in [5.74, 6) is 1.46. The Morgan fingerprint density at radius 2 is 2.05 bits per heavy atom. The van der Waals surface area contributed by atoms with Crippen molar-refractivity contribution < 1.29 is 8.42 Å². The molecule has 0 aliphatic rings. The Bertz CT molecular complexity index is 534. The summed E-state index contributed by atoms with van der Waals surface area (Å²) < 4.78 is 27.0. The highest BCUT2D eigenvalue weighted by Gasteiger charge is 2.32. The molecule has 1 unspecified atom stereocenters. The van der Waals surface area contributed by atoms with Crippen molar-refractivity contribution in [3.8, 4) is 0 Å². The van der Waals surface area contributed by atoms with E-state index in [0.29, 0.717) is 5.92 Å². The van der Waals surface area contributed by atoms with Gasteiger partial charge in [-0.15, -0.1) is 0 Å². The lowest BCUT2D eigenvalue weighted by Gasteiger charge is -2.36. The third kappa shape index (κ3) is 4.31. The smallest absolute Gasteiger partial charge is 0.211 e. The number of imidazole rings is 1. The van der Waals surface area contributed by atoms with E-state index in [4.69, 9.17) is 0 Å². The number of rotatable bonds is 7. The highest BCUT2D eigenvalue weighted by atomic mass is 32.2. The molecular formula is C14H27N3O2S. The van der Waals surface area contributed by atoms with Crippen LogP contribution < -0.4 is 0 Å². The van der Waals surface area contributed by atoms with Gasteiger partial charge in [-0.25, -0.2) is 13.4 Å². The molecule has 1 aromatic heterocycles. The lowest BCUT2D eigenvalue weighted by Crippen LogP contribution is -2.45. The van der Waals surface area contributed by atoms with Gasteiger partial charge >= 0.3 is 0 Å². The molecule has 0 aromatic carbocycles. The molecule has 0 saturated heterocycles. The van der Waals surface area contributed by atoms with E-state index in [9.17, 15) is 8.42 Å². The van der Waals surface area contributed by atoms with Crippen molar-refractivity contribution >= 4 is 10.0 Å². The first-order valence-electron chi connectivity index (χ1n) is 6.98. The monoisotopic (exact) mass is 301 g/mol. The van der Waals surface area contributed by atoms with Crippen LogP contribution >= 0.6 is 0 Å². The van der Waals surface area contributed by atoms with Crippen LogP contribution in [-0.4, -0.2) is 41.1 Å². The zero-order chi connectivity index (χ0) is 15.6. The van der Waals surface area contributed by atoms with Crippen LogP contribution in [0.25, 0.3) is 0 Å².